The average molecular weight is 206 g/mol. The predicted octanol–water partition coefficient (Wildman–Crippen LogP) is 1.13. The third kappa shape index (κ3) is 2.33. The molecule has 0 aliphatic carbocycles. The van der Waals surface area contributed by atoms with Gasteiger partial charge < -0.3 is 5.11 Å². The Morgan fingerprint density at radius 2 is 2.27 bits per heavy atom. The van der Waals surface area contributed by atoms with Gasteiger partial charge in [0, 0.05) is 18.9 Å². The summed E-state index contributed by atoms with van der Waals surface area (Å²) in [5, 5.41) is 9.01. The molecule has 1 aliphatic rings. The minimum atomic E-state index is -0.707. The molecule has 0 spiro atoms. The molecule has 0 amide bonds. The summed E-state index contributed by atoms with van der Waals surface area (Å²) in [6.07, 6.45) is 5.21. The van der Waals surface area contributed by atoms with Crippen LogP contribution in [-0.2, 0) is 11.3 Å². The number of carboxylic acid groups (broad SMARTS) is 1. The van der Waals surface area contributed by atoms with Gasteiger partial charge in [-0.3, -0.25) is 14.7 Å². The molecule has 1 N–H and O–H groups in total. The number of carbonyl (C=O) groups is 1. The lowest BCUT2D eigenvalue weighted by atomic mass is 10.2. The Hall–Kier alpha value is -1.42. The molecule has 1 aromatic rings. The van der Waals surface area contributed by atoms with E-state index in [1.54, 1.807) is 12.4 Å². The Balaban J connectivity index is 2.03. The van der Waals surface area contributed by atoms with Gasteiger partial charge in [-0.05, 0) is 37.1 Å². The van der Waals surface area contributed by atoms with Crippen molar-refractivity contribution in [3.8, 4) is 0 Å². The Morgan fingerprint density at radius 3 is 2.93 bits per heavy atom. The fourth-order valence-corrected chi connectivity index (χ4v) is 2.02. The maximum absolute atomic E-state index is 10.9. The number of likely N-dealkylation sites (tertiary alicyclic amines) is 1. The highest BCUT2D eigenvalue weighted by molar-refractivity contribution is 5.73. The average Bonchev–Trinajstić information content (AvgIpc) is 2.67. The first-order valence-electron chi connectivity index (χ1n) is 5.13. The van der Waals surface area contributed by atoms with Crippen molar-refractivity contribution in [3.63, 3.8) is 0 Å². The summed E-state index contributed by atoms with van der Waals surface area (Å²) in [7, 11) is 0. The van der Waals surface area contributed by atoms with Crippen LogP contribution in [0.25, 0.3) is 0 Å². The molecular weight excluding hydrogens is 192 g/mol. The molecule has 0 radical (unpaired) electrons. The van der Waals surface area contributed by atoms with Crippen LogP contribution in [0.5, 0.6) is 0 Å². The van der Waals surface area contributed by atoms with Gasteiger partial charge >= 0.3 is 5.97 Å². The van der Waals surface area contributed by atoms with E-state index in [0.717, 1.165) is 24.9 Å². The first-order chi connectivity index (χ1) is 7.27. The zero-order valence-corrected chi connectivity index (χ0v) is 8.47. The Labute approximate surface area is 88.6 Å². The van der Waals surface area contributed by atoms with E-state index in [1.807, 2.05) is 17.0 Å². The van der Waals surface area contributed by atoms with Gasteiger partial charge in [-0.1, -0.05) is 0 Å². The van der Waals surface area contributed by atoms with Crippen molar-refractivity contribution in [1.82, 2.24) is 9.88 Å². The maximum Gasteiger partial charge on any atom is 0.320 e. The highest BCUT2D eigenvalue weighted by Crippen LogP contribution is 2.19. The SMILES string of the molecule is O=C(O)C1CCCN1Cc1ccncc1. The molecule has 1 aromatic heterocycles. The van der Waals surface area contributed by atoms with Crippen LogP contribution in [0.1, 0.15) is 18.4 Å². The molecule has 0 saturated carbocycles. The molecule has 0 aromatic carbocycles. The van der Waals surface area contributed by atoms with Gasteiger partial charge in [-0.2, -0.15) is 0 Å². The van der Waals surface area contributed by atoms with Crippen molar-refractivity contribution in [3.05, 3.63) is 30.1 Å². The zero-order valence-electron chi connectivity index (χ0n) is 8.47. The Bertz CT molecular complexity index is 340. The molecule has 0 bridgehead atoms. The summed E-state index contributed by atoms with van der Waals surface area (Å²) in [6.45, 7) is 1.58. The fraction of sp³-hybridized carbons (Fsp3) is 0.455. The van der Waals surface area contributed by atoms with E-state index in [1.165, 1.54) is 0 Å². The van der Waals surface area contributed by atoms with E-state index in [9.17, 15) is 4.79 Å². The molecule has 15 heavy (non-hydrogen) atoms. The first-order valence-corrected chi connectivity index (χ1v) is 5.13. The number of hydrogen-bond acceptors (Lipinski definition) is 3. The second kappa shape index (κ2) is 4.40. The van der Waals surface area contributed by atoms with E-state index in [-0.39, 0.29) is 6.04 Å². The lowest BCUT2D eigenvalue weighted by Crippen LogP contribution is -2.35. The van der Waals surface area contributed by atoms with Crippen molar-refractivity contribution in [2.45, 2.75) is 25.4 Å². The lowest BCUT2D eigenvalue weighted by Gasteiger charge is -2.20. The van der Waals surface area contributed by atoms with Crippen LogP contribution < -0.4 is 0 Å². The van der Waals surface area contributed by atoms with Crippen LogP contribution in [-0.4, -0.2) is 33.5 Å². The van der Waals surface area contributed by atoms with Gasteiger partial charge in [-0.25, -0.2) is 0 Å². The van der Waals surface area contributed by atoms with E-state index >= 15 is 0 Å². The summed E-state index contributed by atoms with van der Waals surface area (Å²) >= 11 is 0. The van der Waals surface area contributed by atoms with Crippen LogP contribution >= 0.6 is 0 Å². The van der Waals surface area contributed by atoms with Crippen molar-refractivity contribution in [2.75, 3.05) is 6.54 Å². The smallest absolute Gasteiger partial charge is 0.320 e. The summed E-state index contributed by atoms with van der Waals surface area (Å²) in [5.41, 5.74) is 1.12. The third-order valence-electron chi connectivity index (χ3n) is 2.78. The summed E-state index contributed by atoms with van der Waals surface area (Å²) in [6, 6.07) is 3.55. The normalized spacial score (nSPS) is 21.7. The number of nitrogens with zero attached hydrogens (tertiary/aromatic N) is 2. The second-order valence-electron chi connectivity index (χ2n) is 3.82. The Morgan fingerprint density at radius 1 is 1.53 bits per heavy atom. The number of aliphatic carboxylic acids is 1. The number of hydrogen-bond donors (Lipinski definition) is 1. The van der Waals surface area contributed by atoms with E-state index in [0.29, 0.717) is 6.54 Å². The van der Waals surface area contributed by atoms with E-state index in [2.05, 4.69) is 4.98 Å². The van der Waals surface area contributed by atoms with Gasteiger partial charge in [0.2, 0.25) is 0 Å². The van der Waals surface area contributed by atoms with Gasteiger partial charge in [0.1, 0.15) is 6.04 Å². The van der Waals surface area contributed by atoms with Crippen molar-refractivity contribution in [2.24, 2.45) is 0 Å². The van der Waals surface area contributed by atoms with E-state index in [4.69, 9.17) is 5.11 Å². The van der Waals surface area contributed by atoms with Gasteiger partial charge in [0.15, 0.2) is 0 Å². The van der Waals surface area contributed by atoms with Crippen LogP contribution in [0.2, 0.25) is 0 Å². The molecule has 4 nitrogen and oxygen atoms in total. The lowest BCUT2D eigenvalue weighted by molar-refractivity contribution is -0.142. The van der Waals surface area contributed by atoms with Crippen molar-refractivity contribution < 1.29 is 9.90 Å². The number of pyridine rings is 1. The molecule has 1 atom stereocenters. The minimum Gasteiger partial charge on any atom is -0.480 e. The maximum atomic E-state index is 10.9. The minimum absolute atomic E-state index is 0.307. The molecule has 1 aliphatic heterocycles. The van der Waals surface area contributed by atoms with Gasteiger partial charge in [0.25, 0.3) is 0 Å². The molecule has 2 heterocycles. The fourth-order valence-electron chi connectivity index (χ4n) is 2.02. The van der Waals surface area contributed by atoms with Crippen molar-refractivity contribution >= 4 is 5.97 Å². The molecule has 2 rings (SSSR count). The highest BCUT2D eigenvalue weighted by Gasteiger charge is 2.29. The standard InChI is InChI=1S/C11H14N2O2/c14-11(15)10-2-1-7-13(10)8-9-3-5-12-6-4-9/h3-6,10H,1-2,7-8H2,(H,14,15). The van der Waals surface area contributed by atoms with Crippen LogP contribution in [0.15, 0.2) is 24.5 Å². The first kappa shape index (κ1) is 10.1. The molecule has 80 valence electrons. The van der Waals surface area contributed by atoms with Crippen LogP contribution in [0, 0.1) is 0 Å². The molecule has 4 heteroatoms. The number of rotatable bonds is 3. The summed E-state index contributed by atoms with van der Waals surface area (Å²) in [5.74, 6) is -0.707. The summed E-state index contributed by atoms with van der Waals surface area (Å²) < 4.78 is 0. The predicted molar refractivity (Wildman–Crippen MR) is 55.3 cm³/mol. The van der Waals surface area contributed by atoms with Gasteiger partial charge in [0.05, 0.1) is 0 Å². The molecule has 1 unspecified atom stereocenters. The molecule has 1 saturated heterocycles. The third-order valence-corrected chi connectivity index (χ3v) is 2.78. The monoisotopic (exact) mass is 206 g/mol. The topological polar surface area (TPSA) is 53.4 Å². The zero-order chi connectivity index (χ0) is 10.7. The highest BCUT2D eigenvalue weighted by atomic mass is 16.4. The van der Waals surface area contributed by atoms with Crippen LogP contribution in [0.3, 0.4) is 0 Å². The van der Waals surface area contributed by atoms with Crippen molar-refractivity contribution in [1.29, 1.82) is 0 Å². The summed E-state index contributed by atoms with van der Waals surface area (Å²) in [4.78, 5) is 16.9. The second-order valence-corrected chi connectivity index (χ2v) is 3.82. The van der Waals surface area contributed by atoms with Crippen LogP contribution in [0.4, 0.5) is 0 Å². The number of carboxylic acids is 1. The number of aromatic nitrogens is 1. The quantitative estimate of drug-likeness (QED) is 0.805. The van der Waals surface area contributed by atoms with Gasteiger partial charge in [-0.15, -0.1) is 0 Å². The molecule has 1 fully saturated rings. The van der Waals surface area contributed by atoms with E-state index < -0.39 is 5.97 Å². The molecular formula is C11H14N2O2. The Kier molecular flexibility index (Phi) is 2.97. The largest absolute Gasteiger partial charge is 0.480 e.